The molecule has 0 amide bonds. The molecule has 0 fully saturated rings. The number of methoxy groups -OCH3 is 2. The summed E-state index contributed by atoms with van der Waals surface area (Å²) < 4.78 is 10.6. The first-order chi connectivity index (χ1) is 12.8. The van der Waals surface area contributed by atoms with Gasteiger partial charge in [0.05, 0.1) is 14.2 Å². The molecule has 1 aliphatic heterocycles. The molecule has 0 radical (unpaired) electrons. The van der Waals surface area contributed by atoms with Crippen LogP contribution in [-0.4, -0.2) is 25.7 Å². The molecule has 2 heterocycles. The molecule has 1 aliphatic rings. The summed E-state index contributed by atoms with van der Waals surface area (Å²) in [7, 11) is 3.38. The summed E-state index contributed by atoms with van der Waals surface area (Å²) >= 11 is 0. The lowest BCUT2D eigenvalue weighted by molar-refractivity contribution is 0.414. The Morgan fingerprint density at radius 2 is 1.73 bits per heavy atom. The molecule has 4 heteroatoms. The summed E-state index contributed by atoms with van der Waals surface area (Å²) in [5.41, 5.74) is 4.85. The number of fused-ring (bicyclic) bond motifs is 1. The molecule has 0 atom stereocenters. The molecule has 4 nitrogen and oxygen atoms in total. The van der Waals surface area contributed by atoms with Gasteiger partial charge in [0.15, 0.2) is 0 Å². The number of hydrogen-bond acceptors (Lipinski definition) is 4. The van der Waals surface area contributed by atoms with Gasteiger partial charge in [0.2, 0.25) is 0 Å². The summed E-state index contributed by atoms with van der Waals surface area (Å²) in [6, 6.07) is 18.6. The number of nitrogens with zero attached hydrogens (tertiary/aromatic N) is 2. The first-order valence-corrected chi connectivity index (χ1v) is 8.78. The molecular formula is C22H22N2O2. The molecule has 0 bridgehead atoms. The lowest BCUT2D eigenvalue weighted by atomic mass is 10.1. The van der Waals surface area contributed by atoms with E-state index in [1.54, 1.807) is 14.2 Å². The zero-order valence-corrected chi connectivity index (χ0v) is 15.1. The number of anilines is 1. The predicted molar refractivity (Wildman–Crippen MR) is 104 cm³/mol. The minimum atomic E-state index is 0.846. The fraction of sp³-hybridized carbons (Fsp3) is 0.227. The molecule has 2 aromatic carbocycles. The van der Waals surface area contributed by atoms with Gasteiger partial charge >= 0.3 is 0 Å². The third-order valence-electron chi connectivity index (χ3n) is 4.82. The lowest BCUT2D eigenvalue weighted by Crippen LogP contribution is -2.20. The fourth-order valence-electron chi connectivity index (χ4n) is 3.42. The van der Waals surface area contributed by atoms with Gasteiger partial charge in [-0.25, -0.2) is 4.98 Å². The van der Waals surface area contributed by atoms with Crippen LogP contribution in [0, 0.1) is 0 Å². The molecule has 132 valence electrons. The van der Waals surface area contributed by atoms with Crippen LogP contribution in [0.15, 0.2) is 60.8 Å². The maximum Gasteiger partial charge on any atom is 0.132 e. The van der Waals surface area contributed by atoms with Gasteiger partial charge in [0, 0.05) is 24.8 Å². The minimum absolute atomic E-state index is 0.846. The van der Waals surface area contributed by atoms with Crippen molar-refractivity contribution in [2.24, 2.45) is 0 Å². The lowest BCUT2D eigenvalue weighted by Gasteiger charge is -2.19. The van der Waals surface area contributed by atoms with Crippen LogP contribution in [0.2, 0.25) is 0 Å². The van der Waals surface area contributed by atoms with Crippen LogP contribution in [0.1, 0.15) is 11.1 Å². The highest BCUT2D eigenvalue weighted by atomic mass is 16.5. The van der Waals surface area contributed by atoms with Crippen molar-refractivity contribution < 1.29 is 9.47 Å². The van der Waals surface area contributed by atoms with Gasteiger partial charge in [-0.05, 0) is 53.4 Å². The summed E-state index contributed by atoms with van der Waals surface area (Å²) in [5.74, 6) is 2.85. The van der Waals surface area contributed by atoms with E-state index in [4.69, 9.17) is 14.5 Å². The number of rotatable bonds is 5. The average Bonchev–Trinajstić information content (AvgIpc) is 3.10. The number of ether oxygens (including phenoxy) is 2. The van der Waals surface area contributed by atoms with Crippen LogP contribution in [0.3, 0.4) is 0 Å². The standard InChI is InChI=1S/C22H22N2O2/c1-25-20-8-6-17(7-9-20)19-13-18-10-11-24(22(18)23-14-19)15-16-4-3-5-21(12-16)26-2/h3-9,12-14H,10-11,15H2,1-2H3. The van der Waals surface area contributed by atoms with E-state index in [2.05, 4.69) is 35.2 Å². The first-order valence-electron chi connectivity index (χ1n) is 8.78. The van der Waals surface area contributed by atoms with Gasteiger partial charge in [0.1, 0.15) is 17.3 Å². The van der Waals surface area contributed by atoms with E-state index < -0.39 is 0 Å². The summed E-state index contributed by atoms with van der Waals surface area (Å²) in [6.07, 6.45) is 2.99. The Kier molecular flexibility index (Phi) is 4.48. The quantitative estimate of drug-likeness (QED) is 0.689. The zero-order valence-electron chi connectivity index (χ0n) is 15.1. The number of aromatic nitrogens is 1. The Balaban J connectivity index is 1.55. The van der Waals surface area contributed by atoms with Crippen molar-refractivity contribution in [3.8, 4) is 22.6 Å². The Morgan fingerprint density at radius 1 is 0.923 bits per heavy atom. The van der Waals surface area contributed by atoms with Crippen molar-refractivity contribution >= 4 is 5.82 Å². The van der Waals surface area contributed by atoms with E-state index in [1.807, 2.05) is 30.5 Å². The third-order valence-corrected chi connectivity index (χ3v) is 4.82. The van der Waals surface area contributed by atoms with E-state index in [1.165, 1.54) is 11.1 Å². The summed E-state index contributed by atoms with van der Waals surface area (Å²) in [4.78, 5) is 7.10. The highest BCUT2D eigenvalue weighted by molar-refractivity contribution is 5.68. The van der Waals surface area contributed by atoms with Crippen LogP contribution in [0.4, 0.5) is 5.82 Å². The second kappa shape index (κ2) is 7.08. The number of hydrogen-bond donors (Lipinski definition) is 0. The van der Waals surface area contributed by atoms with Gasteiger partial charge in [-0.3, -0.25) is 0 Å². The van der Waals surface area contributed by atoms with E-state index in [0.717, 1.165) is 48.0 Å². The maximum atomic E-state index is 5.33. The number of benzene rings is 2. The summed E-state index contributed by atoms with van der Waals surface area (Å²) in [5, 5.41) is 0. The Hall–Kier alpha value is -3.01. The molecular weight excluding hydrogens is 324 g/mol. The van der Waals surface area contributed by atoms with Gasteiger partial charge in [-0.1, -0.05) is 24.3 Å². The van der Waals surface area contributed by atoms with E-state index >= 15 is 0 Å². The van der Waals surface area contributed by atoms with Crippen LogP contribution >= 0.6 is 0 Å². The summed E-state index contributed by atoms with van der Waals surface area (Å²) in [6.45, 7) is 1.84. The fourth-order valence-corrected chi connectivity index (χ4v) is 3.42. The van der Waals surface area contributed by atoms with E-state index in [0.29, 0.717) is 0 Å². The zero-order chi connectivity index (χ0) is 17.9. The predicted octanol–water partition coefficient (Wildman–Crippen LogP) is 4.33. The first kappa shape index (κ1) is 16.5. The smallest absolute Gasteiger partial charge is 0.132 e. The van der Waals surface area contributed by atoms with Crippen LogP contribution < -0.4 is 14.4 Å². The molecule has 26 heavy (non-hydrogen) atoms. The van der Waals surface area contributed by atoms with Crippen molar-refractivity contribution in [1.29, 1.82) is 0 Å². The minimum Gasteiger partial charge on any atom is -0.497 e. The Bertz CT molecular complexity index is 906. The highest BCUT2D eigenvalue weighted by Gasteiger charge is 2.21. The van der Waals surface area contributed by atoms with Crippen LogP contribution in [0.5, 0.6) is 11.5 Å². The molecule has 0 spiro atoms. The molecule has 0 aliphatic carbocycles. The van der Waals surface area contributed by atoms with Crippen molar-refractivity contribution in [2.75, 3.05) is 25.7 Å². The Labute approximate surface area is 154 Å². The van der Waals surface area contributed by atoms with Gasteiger partial charge < -0.3 is 14.4 Å². The second-order valence-corrected chi connectivity index (χ2v) is 6.46. The largest absolute Gasteiger partial charge is 0.497 e. The third kappa shape index (κ3) is 3.23. The SMILES string of the molecule is COc1ccc(-c2cnc3c(c2)CCN3Cc2cccc(OC)c2)cc1. The molecule has 4 rings (SSSR count). The topological polar surface area (TPSA) is 34.6 Å². The van der Waals surface area contributed by atoms with Gasteiger partial charge in [0.25, 0.3) is 0 Å². The van der Waals surface area contributed by atoms with E-state index in [-0.39, 0.29) is 0 Å². The average molecular weight is 346 g/mol. The molecule has 0 N–H and O–H groups in total. The van der Waals surface area contributed by atoms with Gasteiger partial charge in [-0.2, -0.15) is 0 Å². The van der Waals surface area contributed by atoms with Gasteiger partial charge in [-0.15, -0.1) is 0 Å². The monoisotopic (exact) mass is 346 g/mol. The maximum absolute atomic E-state index is 5.33. The molecule has 1 aromatic heterocycles. The molecule has 0 saturated heterocycles. The molecule has 0 unspecified atom stereocenters. The Morgan fingerprint density at radius 3 is 2.50 bits per heavy atom. The van der Waals surface area contributed by atoms with Crippen LogP contribution in [0.25, 0.3) is 11.1 Å². The molecule has 0 saturated carbocycles. The normalized spacial score (nSPS) is 12.8. The van der Waals surface area contributed by atoms with Crippen molar-refractivity contribution in [1.82, 2.24) is 4.98 Å². The van der Waals surface area contributed by atoms with Crippen LogP contribution in [-0.2, 0) is 13.0 Å². The van der Waals surface area contributed by atoms with E-state index in [9.17, 15) is 0 Å². The highest BCUT2D eigenvalue weighted by Crippen LogP contribution is 2.31. The van der Waals surface area contributed by atoms with Crippen molar-refractivity contribution in [2.45, 2.75) is 13.0 Å². The molecule has 3 aromatic rings. The van der Waals surface area contributed by atoms with Crippen molar-refractivity contribution in [3.05, 3.63) is 71.9 Å². The van der Waals surface area contributed by atoms with Crippen molar-refractivity contribution in [3.63, 3.8) is 0 Å². The number of pyridine rings is 1. The second-order valence-electron chi connectivity index (χ2n) is 6.46.